The summed E-state index contributed by atoms with van der Waals surface area (Å²) in [5.74, 6) is 0. The zero-order valence-electron chi connectivity index (χ0n) is 7.17. The molecule has 0 bridgehead atoms. The summed E-state index contributed by atoms with van der Waals surface area (Å²) in [5.41, 5.74) is 4.69. The van der Waals surface area contributed by atoms with E-state index in [1.165, 1.54) is 0 Å². The van der Waals surface area contributed by atoms with Crippen molar-refractivity contribution in [2.24, 2.45) is 0 Å². The van der Waals surface area contributed by atoms with Crippen molar-refractivity contribution in [3.8, 4) is 0 Å². The van der Waals surface area contributed by atoms with Gasteiger partial charge in [-0.05, 0) is 0 Å². The molecule has 0 atom stereocenters. The Morgan fingerprint density at radius 3 is 2.57 bits per heavy atom. The van der Waals surface area contributed by atoms with Crippen LogP contribution >= 0.6 is 0 Å². The molecule has 0 saturated heterocycles. The summed E-state index contributed by atoms with van der Waals surface area (Å²) < 4.78 is 22.1. The van der Waals surface area contributed by atoms with Crippen molar-refractivity contribution in [3.05, 3.63) is 22.4 Å². The van der Waals surface area contributed by atoms with Gasteiger partial charge in [0.25, 0.3) is 0 Å². The molecule has 1 aromatic heterocycles. The van der Waals surface area contributed by atoms with Crippen LogP contribution in [0.2, 0.25) is 0 Å². The van der Waals surface area contributed by atoms with Gasteiger partial charge in [0.15, 0.2) is 9.84 Å². The molecule has 0 aliphatic heterocycles. The van der Waals surface area contributed by atoms with Gasteiger partial charge in [-0.3, -0.25) is 10.1 Å². The zero-order chi connectivity index (χ0) is 10.9. The van der Waals surface area contributed by atoms with Crippen LogP contribution in [0.1, 0.15) is 0 Å². The summed E-state index contributed by atoms with van der Waals surface area (Å²) in [6, 6.07) is 0.962. The Labute approximate surface area is 79.6 Å². The van der Waals surface area contributed by atoms with Crippen LogP contribution < -0.4 is 5.73 Å². The Balaban J connectivity index is 3.53. The molecule has 0 radical (unpaired) electrons. The summed E-state index contributed by atoms with van der Waals surface area (Å²) in [5, 5.41) is 9.89. The highest BCUT2D eigenvalue weighted by Gasteiger charge is 2.23. The van der Waals surface area contributed by atoms with Crippen LogP contribution in [0.5, 0.6) is 0 Å². The zero-order valence-corrected chi connectivity index (χ0v) is 7.98. The Morgan fingerprint density at radius 1 is 1.57 bits per heavy atom. The maximum atomic E-state index is 11.1. The van der Waals surface area contributed by atoms with Crippen molar-refractivity contribution in [1.29, 1.82) is 0 Å². The third-order valence-electron chi connectivity index (χ3n) is 1.40. The largest absolute Gasteiger partial charge is 0.397 e. The van der Waals surface area contributed by atoms with E-state index >= 15 is 0 Å². The van der Waals surface area contributed by atoms with E-state index in [-0.39, 0.29) is 5.69 Å². The monoisotopic (exact) mass is 217 g/mol. The first-order chi connectivity index (χ1) is 6.32. The molecule has 1 rings (SSSR count). The van der Waals surface area contributed by atoms with Crippen LogP contribution in [0.15, 0.2) is 17.3 Å². The normalized spacial score (nSPS) is 11.2. The van der Waals surface area contributed by atoms with E-state index in [0.717, 1.165) is 18.5 Å². The maximum absolute atomic E-state index is 11.1. The average molecular weight is 217 g/mol. The third-order valence-corrected chi connectivity index (χ3v) is 2.42. The highest BCUT2D eigenvalue weighted by atomic mass is 32.2. The first-order valence-corrected chi connectivity index (χ1v) is 5.31. The van der Waals surface area contributed by atoms with Gasteiger partial charge in [0.2, 0.25) is 5.03 Å². The molecule has 0 spiro atoms. The molecule has 0 amide bonds. The first-order valence-electron chi connectivity index (χ1n) is 3.42. The van der Waals surface area contributed by atoms with Gasteiger partial charge in [-0.1, -0.05) is 0 Å². The molecule has 1 aromatic rings. The summed E-state index contributed by atoms with van der Waals surface area (Å²) in [7, 11) is -3.70. The molecule has 76 valence electrons. The van der Waals surface area contributed by atoms with Crippen LogP contribution in [-0.4, -0.2) is 24.6 Å². The lowest BCUT2D eigenvalue weighted by Gasteiger charge is -1.99. The molecule has 0 aromatic carbocycles. The van der Waals surface area contributed by atoms with Crippen LogP contribution in [0.4, 0.5) is 11.4 Å². The van der Waals surface area contributed by atoms with E-state index in [1.54, 1.807) is 0 Å². The summed E-state index contributed by atoms with van der Waals surface area (Å²) >= 11 is 0. The fourth-order valence-corrected chi connectivity index (χ4v) is 1.63. The highest BCUT2D eigenvalue weighted by molar-refractivity contribution is 7.90. The lowest BCUT2D eigenvalue weighted by molar-refractivity contribution is -0.388. The van der Waals surface area contributed by atoms with Crippen molar-refractivity contribution < 1.29 is 13.3 Å². The molecule has 7 nitrogen and oxygen atoms in total. The number of nitrogen functional groups attached to an aromatic ring is 1. The van der Waals surface area contributed by atoms with Crippen molar-refractivity contribution in [2.45, 2.75) is 5.03 Å². The van der Waals surface area contributed by atoms with Crippen LogP contribution in [0, 0.1) is 10.1 Å². The van der Waals surface area contributed by atoms with E-state index in [1.807, 2.05) is 0 Å². The average Bonchev–Trinajstić information content (AvgIpc) is 2.01. The lowest BCUT2D eigenvalue weighted by atomic mass is 10.4. The minimum Gasteiger partial charge on any atom is -0.397 e. The third kappa shape index (κ3) is 1.96. The SMILES string of the molecule is CS(=O)(=O)c1ncc(N)cc1[N+](=O)[O-]. The number of sulfone groups is 1. The Morgan fingerprint density at radius 2 is 2.14 bits per heavy atom. The van der Waals surface area contributed by atoms with E-state index in [9.17, 15) is 18.5 Å². The second-order valence-corrected chi connectivity index (χ2v) is 4.55. The number of hydrogen-bond donors (Lipinski definition) is 1. The molecular formula is C6H7N3O4S. The summed E-state index contributed by atoms with van der Waals surface area (Å²) in [4.78, 5) is 13.0. The van der Waals surface area contributed by atoms with Crippen molar-refractivity contribution in [2.75, 3.05) is 12.0 Å². The number of nitrogens with two attached hydrogens (primary N) is 1. The van der Waals surface area contributed by atoms with Crippen LogP contribution in [0.3, 0.4) is 0 Å². The number of pyridine rings is 1. The standard InChI is InChI=1S/C6H7N3O4S/c1-14(12,13)6-5(9(10)11)2-4(7)3-8-6/h2-3H,7H2,1H3. The van der Waals surface area contributed by atoms with Gasteiger partial charge in [-0.25, -0.2) is 13.4 Å². The predicted octanol–water partition coefficient (Wildman–Crippen LogP) is -0.0245. The Bertz CT molecular complexity index is 482. The number of nitro groups is 1. The number of hydrogen-bond acceptors (Lipinski definition) is 6. The molecule has 0 saturated carbocycles. The molecule has 0 fully saturated rings. The number of aromatic nitrogens is 1. The quantitative estimate of drug-likeness (QED) is 0.549. The number of anilines is 1. The van der Waals surface area contributed by atoms with E-state index in [2.05, 4.69) is 4.98 Å². The van der Waals surface area contributed by atoms with Crippen molar-refractivity contribution in [3.63, 3.8) is 0 Å². The second kappa shape index (κ2) is 3.22. The molecule has 8 heteroatoms. The molecule has 0 unspecified atom stereocenters. The Hall–Kier alpha value is -1.70. The highest BCUT2D eigenvalue weighted by Crippen LogP contribution is 2.22. The molecule has 1 heterocycles. The van der Waals surface area contributed by atoms with Gasteiger partial charge in [-0.15, -0.1) is 0 Å². The molecule has 0 aliphatic carbocycles. The summed E-state index contributed by atoms with van der Waals surface area (Å²) in [6.45, 7) is 0. The summed E-state index contributed by atoms with van der Waals surface area (Å²) in [6.07, 6.45) is 1.90. The van der Waals surface area contributed by atoms with Crippen LogP contribution in [-0.2, 0) is 9.84 Å². The molecule has 14 heavy (non-hydrogen) atoms. The van der Waals surface area contributed by atoms with Crippen molar-refractivity contribution >= 4 is 21.2 Å². The molecule has 2 N–H and O–H groups in total. The van der Waals surface area contributed by atoms with E-state index < -0.39 is 25.5 Å². The minimum atomic E-state index is -3.70. The smallest absolute Gasteiger partial charge is 0.308 e. The van der Waals surface area contributed by atoms with E-state index in [0.29, 0.717) is 0 Å². The fraction of sp³-hybridized carbons (Fsp3) is 0.167. The molecule has 0 aliphatic rings. The fourth-order valence-electron chi connectivity index (χ4n) is 0.873. The van der Waals surface area contributed by atoms with Gasteiger partial charge in [0.05, 0.1) is 16.8 Å². The Kier molecular flexibility index (Phi) is 2.39. The lowest BCUT2D eigenvalue weighted by Crippen LogP contribution is -2.06. The van der Waals surface area contributed by atoms with E-state index in [4.69, 9.17) is 5.73 Å². The predicted molar refractivity (Wildman–Crippen MR) is 48.4 cm³/mol. The maximum Gasteiger partial charge on any atom is 0.308 e. The minimum absolute atomic E-state index is 0.0455. The van der Waals surface area contributed by atoms with Gasteiger partial charge >= 0.3 is 5.69 Å². The number of rotatable bonds is 2. The number of nitrogens with zero attached hydrogens (tertiary/aromatic N) is 2. The molecular weight excluding hydrogens is 210 g/mol. The van der Waals surface area contributed by atoms with Crippen LogP contribution in [0.25, 0.3) is 0 Å². The first kappa shape index (κ1) is 10.4. The van der Waals surface area contributed by atoms with Gasteiger partial charge in [-0.2, -0.15) is 0 Å². The van der Waals surface area contributed by atoms with Crippen molar-refractivity contribution in [1.82, 2.24) is 4.98 Å². The van der Waals surface area contributed by atoms with Gasteiger partial charge < -0.3 is 5.73 Å². The second-order valence-electron chi connectivity index (χ2n) is 2.62. The van der Waals surface area contributed by atoms with Gasteiger partial charge in [0.1, 0.15) is 0 Å². The topological polar surface area (TPSA) is 116 Å². The van der Waals surface area contributed by atoms with Gasteiger partial charge in [0, 0.05) is 12.3 Å².